The Morgan fingerprint density at radius 1 is 1.40 bits per heavy atom. The van der Waals surface area contributed by atoms with Crippen LogP contribution in [0.1, 0.15) is 25.7 Å². The van der Waals surface area contributed by atoms with Gasteiger partial charge in [0.15, 0.2) is 5.78 Å². The van der Waals surface area contributed by atoms with Gasteiger partial charge in [0.05, 0.1) is 0 Å². The van der Waals surface area contributed by atoms with Gasteiger partial charge in [0.25, 0.3) is 0 Å². The van der Waals surface area contributed by atoms with Crippen LogP contribution in [-0.2, 0) is 4.79 Å². The van der Waals surface area contributed by atoms with Gasteiger partial charge in [0.2, 0.25) is 0 Å². The largest absolute Gasteiger partial charge is 0.373 e. The number of rotatable bonds is 2. The number of ketones is 1. The SMILES string of the molecule is CN(C)C1CCCN(C2=CC(=O)CC2)C1. The first kappa shape index (κ1) is 10.7. The number of hydrogen-bond acceptors (Lipinski definition) is 3. The van der Waals surface area contributed by atoms with Crippen molar-refractivity contribution < 1.29 is 4.79 Å². The highest BCUT2D eigenvalue weighted by atomic mass is 16.1. The highest BCUT2D eigenvalue weighted by molar-refractivity contribution is 5.92. The number of nitrogens with zero attached hydrogens (tertiary/aromatic N) is 2. The number of likely N-dealkylation sites (tertiary alicyclic amines) is 1. The fourth-order valence-corrected chi connectivity index (χ4v) is 2.47. The quantitative estimate of drug-likeness (QED) is 0.682. The maximum Gasteiger partial charge on any atom is 0.157 e. The third-order valence-electron chi connectivity index (χ3n) is 3.49. The van der Waals surface area contributed by atoms with Crippen LogP contribution in [0, 0.1) is 0 Å². The van der Waals surface area contributed by atoms with Crippen molar-refractivity contribution in [2.24, 2.45) is 0 Å². The van der Waals surface area contributed by atoms with Gasteiger partial charge in [0.1, 0.15) is 0 Å². The van der Waals surface area contributed by atoms with Crippen molar-refractivity contribution in [3.05, 3.63) is 11.8 Å². The molecule has 2 rings (SSSR count). The number of piperidine rings is 1. The van der Waals surface area contributed by atoms with Crippen molar-refractivity contribution in [3.8, 4) is 0 Å². The van der Waals surface area contributed by atoms with Gasteiger partial charge in [-0.1, -0.05) is 0 Å². The third kappa shape index (κ3) is 2.40. The summed E-state index contributed by atoms with van der Waals surface area (Å²) in [5.74, 6) is 0.303. The zero-order chi connectivity index (χ0) is 10.8. The van der Waals surface area contributed by atoms with Crippen molar-refractivity contribution >= 4 is 5.78 Å². The summed E-state index contributed by atoms with van der Waals surface area (Å²) >= 11 is 0. The molecule has 0 N–H and O–H groups in total. The molecule has 1 aliphatic heterocycles. The van der Waals surface area contributed by atoms with E-state index in [1.807, 2.05) is 6.08 Å². The fraction of sp³-hybridized carbons (Fsp3) is 0.750. The molecule has 1 atom stereocenters. The Morgan fingerprint density at radius 2 is 2.20 bits per heavy atom. The second-order valence-electron chi connectivity index (χ2n) is 4.81. The molecule has 1 saturated heterocycles. The molecule has 0 saturated carbocycles. The Kier molecular flexibility index (Phi) is 3.10. The summed E-state index contributed by atoms with van der Waals surface area (Å²) in [5, 5.41) is 0. The van der Waals surface area contributed by atoms with Crippen molar-refractivity contribution in [2.75, 3.05) is 27.2 Å². The smallest absolute Gasteiger partial charge is 0.157 e. The zero-order valence-corrected chi connectivity index (χ0v) is 9.70. The Bertz CT molecular complexity index is 283. The van der Waals surface area contributed by atoms with Crippen LogP contribution in [0.5, 0.6) is 0 Å². The van der Waals surface area contributed by atoms with Crippen LogP contribution in [0.4, 0.5) is 0 Å². The lowest BCUT2D eigenvalue weighted by molar-refractivity contribution is -0.114. The van der Waals surface area contributed by atoms with Crippen molar-refractivity contribution in [3.63, 3.8) is 0 Å². The molecule has 1 fully saturated rings. The first-order chi connectivity index (χ1) is 7.16. The van der Waals surface area contributed by atoms with E-state index in [0.29, 0.717) is 11.8 Å². The summed E-state index contributed by atoms with van der Waals surface area (Å²) in [4.78, 5) is 15.9. The minimum Gasteiger partial charge on any atom is -0.373 e. The summed E-state index contributed by atoms with van der Waals surface area (Å²) in [5.41, 5.74) is 1.27. The van der Waals surface area contributed by atoms with Gasteiger partial charge in [-0.15, -0.1) is 0 Å². The highest BCUT2D eigenvalue weighted by Crippen LogP contribution is 2.24. The number of likely N-dealkylation sites (N-methyl/N-ethyl adjacent to an activating group) is 1. The van der Waals surface area contributed by atoms with E-state index in [0.717, 1.165) is 25.9 Å². The molecule has 0 bridgehead atoms. The van der Waals surface area contributed by atoms with Crippen LogP contribution in [0.15, 0.2) is 11.8 Å². The second kappa shape index (κ2) is 4.35. The van der Waals surface area contributed by atoms with Gasteiger partial charge in [-0.05, 0) is 33.4 Å². The van der Waals surface area contributed by atoms with E-state index < -0.39 is 0 Å². The van der Waals surface area contributed by atoms with Gasteiger partial charge >= 0.3 is 0 Å². The van der Waals surface area contributed by atoms with Gasteiger partial charge in [-0.25, -0.2) is 0 Å². The predicted octanol–water partition coefficient (Wildman–Crippen LogP) is 1.26. The summed E-state index contributed by atoms with van der Waals surface area (Å²) in [6, 6.07) is 0.648. The zero-order valence-electron chi connectivity index (χ0n) is 9.70. The third-order valence-corrected chi connectivity index (χ3v) is 3.49. The van der Waals surface area contributed by atoms with Crippen LogP contribution in [-0.4, -0.2) is 48.8 Å². The van der Waals surface area contributed by atoms with E-state index in [1.165, 1.54) is 18.5 Å². The molecule has 1 aliphatic carbocycles. The monoisotopic (exact) mass is 208 g/mol. The molecule has 15 heavy (non-hydrogen) atoms. The van der Waals surface area contributed by atoms with E-state index in [1.54, 1.807) is 0 Å². The van der Waals surface area contributed by atoms with Crippen molar-refractivity contribution in [1.29, 1.82) is 0 Å². The lowest BCUT2D eigenvalue weighted by atomic mass is 10.0. The van der Waals surface area contributed by atoms with E-state index >= 15 is 0 Å². The molecule has 0 spiro atoms. The first-order valence-electron chi connectivity index (χ1n) is 5.81. The van der Waals surface area contributed by atoms with E-state index in [4.69, 9.17) is 0 Å². The molecule has 0 radical (unpaired) electrons. The van der Waals surface area contributed by atoms with Crippen molar-refractivity contribution in [1.82, 2.24) is 9.80 Å². The highest BCUT2D eigenvalue weighted by Gasteiger charge is 2.25. The maximum absolute atomic E-state index is 11.2. The topological polar surface area (TPSA) is 23.6 Å². The Hall–Kier alpha value is -0.830. The molecule has 2 aliphatic rings. The molecule has 3 nitrogen and oxygen atoms in total. The number of carbonyl (C=O) groups is 1. The minimum atomic E-state index is 0.303. The molecule has 1 unspecified atom stereocenters. The summed E-state index contributed by atoms with van der Waals surface area (Å²) in [6.45, 7) is 2.22. The predicted molar refractivity (Wildman–Crippen MR) is 60.6 cm³/mol. The molecular formula is C12H20N2O. The number of allylic oxidation sites excluding steroid dienone is 2. The summed E-state index contributed by atoms with van der Waals surface area (Å²) in [6.07, 6.45) is 6.05. The van der Waals surface area contributed by atoms with Gasteiger partial charge in [0, 0.05) is 37.3 Å². The molecular weight excluding hydrogens is 188 g/mol. The molecule has 3 heteroatoms. The number of hydrogen-bond donors (Lipinski definition) is 0. The van der Waals surface area contributed by atoms with Crippen LogP contribution in [0.3, 0.4) is 0 Å². The summed E-state index contributed by atoms with van der Waals surface area (Å²) < 4.78 is 0. The molecule has 0 amide bonds. The minimum absolute atomic E-state index is 0.303. The van der Waals surface area contributed by atoms with Crippen molar-refractivity contribution in [2.45, 2.75) is 31.7 Å². The average Bonchev–Trinajstić information content (AvgIpc) is 2.65. The van der Waals surface area contributed by atoms with Gasteiger partial charge < -0.3 is 9.80 Å². The normalized spacial score (nSPS) is 27.4. The standard InChI is InChI=1S/C12H20N2O/c1-13(2)11-4-3-7-14(9-11)10-5-6-12(15)8-10/h8,11H,3-7,9H2,1-2H3. The van der Waals surface area contributed by atoms with Gasteiger partial charge in [-0.2, -0.15) is 0 Å². The Labute approximate surface area is 91.7 Å². The Balaban J connectivity index is 1.98. The van der Waals surface area contributed by atoms with Crippen LogP contribution < -0.4 is 0 Å². The molecule has 84 valence electrons. The average molecular weight is 208 g/mol. The summed E-state index contributed by atoms with van der Waals surface area (Å²) in [7, 11) is 4.28. The molecule has 1 heterocycles. The molecule has 0 aromatic heterocycles. The van der Waals surface area contributed by atoms with Crippen LogP contribution in [0.2, 0.25) is 0 Å². The van der Waals surface area contributed by atoms with Gasteiger partial charge in [-0.3, -0.25) is 4.79 Å². The van der Waals surface area contributed by atoms with E-state index in [-0.39, 0.29) is 0 Å². The number of carbonyl (C=O) groups excluding carboxylic acids is 1. The van der Waals surface area contributed by atoms with E-state index in [9.17, 15) is 4.79 Å². The van der Waals surface area contributed by atoms with Crippen LogP contribution >= 0.6 is 0 Å². The van der Waals surface area contributed by atoms with Crippen LogP contribution in [0.25, 0.3) is 0 Å². The molecule has 0 aromatic rings. The second-order valence-corrected chi connectivity index (χ2v) is 4.81. The Morgan fingerprint density at radius 3 is 2.80 bits per heavy atom. The maximum atomic E-state index is 11.2. The van der Waals surface area contributed by atoms with E-state index in [2.05, 4.69) is 23.9 Å². The first-order valence-corrected chi connectivity index (χ1v) is 5.81. The lowest BCUT2D eigenvalue weighted by Gasteiger charge is -2.38. The molecule has 0 aromatic carbocycles. The fourth-order valence-electron chi connectivity index (χ4n) is 2.47. The lowest BCUT2D eigenvalue weighted by Crippen LogP contribution is -2.44.